The van der Waals surface area contributed by atoms with Gasteiger partial charge in [0.25, 0.3) is 0 Å². The third-order valence-corrected chi connectivity index (χ3v) is 5.35. The number of ether oxygens (including phenoxy) is 2. The van der Waals surface area contributed by atoms with Gasteiger partial charge in [-0.3, -0.25) is 4.90 Å². The van der Waals surface area contributed by atoms with E-state index < -0.39 is 12.3 Å². The van der Waals surface area contributed by atoms with Crippen molar-refractivity contribution in [3.8, 4) is 17.6 Å². The molecule has 0 spiro atoms. The van der Waals surface area contributed by atoms with E-state index in [-0.39, 0.29) is 24.8 Å². The molecule has 1 aliphatic heterocycles. The van der Waals surface area contributed by atoms with Gasteiger partial charge in [0, 0.05) is 37.8 Å². The molecule has 32 heavy (non-hydrogen) atoms. The second-order valence-corrected chi connectivity index (χ2v) is 7.40. The molecule has 1 fully saturated rings. The van der Waals surface area contributed by atoms with E-state index >= 15 is 0 Å². The summed E-state index contributed by atoms with van der Waals surface area (Å²) in [5.41, 5.74) is 2.77. The normalized spacial score (nSPS) is 16.1. The largest absolute Gasteiger partial charge is 0.495 e. The summed E-state index contributed by atoms with van der Waals surface area (Å²) >= 11 is 0. The molecule has 0 saturated carbocycles. The molecule has 0 amide bonds. The molecule has 0 bridgehead atoms. The lowest BCUT2D eigenvalue weighted by atomic mass is 10.1. The number of aliphatic hydroxyl groups is 1. The number of aliphatic hydroxyl groups excluding tert-OH is 1. The van der Waals surface area contributed by atoms with Gasteiger partial charge >= 0.3 is 0 Å². The van der Waals surface area contributed by atoms with Crippen LogP contribution in [-0.4, -0.2) is 55.6 Å². The minimum absolute atomic E-state index is 0. The standard InChI is InChI=1S/C24H29N3O3.2ClH/c1-18(12-13-25)20-8-4-6-10-22(20)30-24(19(2)28)27-16-14-26(15-17-27)21-9-5-7-11-23(21)29-3;;/h4-12,19,24,28H,14-17H2,1-3H3;2*1H/b18-12-;;. The Morgan fingerprint density at radius 1 is 1.03 bits per heavy atom. The first kappa shape index (κ1) is 27.6. The van der Waals surface area contributed by atoms with Gasteiger partial charge in [-0.2, -0.15) is 5.26 Å². The van der Waals surface area contributed by atoms with Crippen molar-refractivity contribution < 1.29 is 14.6 Å². The predicted octanol–water partition coefficient (Wildman–Crippen LogP) is 4.37. The van der Waals surface area contributed by atoms with Crippen LogP contribution in [0.4, 0.5) is 5.69 Å². The second kappa shape index (κ2) is 13.2. The van der Waals surface area contributed by atoms with Gasteiger partial charge in [-0.25, -0.2) is 0 Å². The Bertz CT molecular complexity index is 923. The highest BCUT2D eigenvalue weighted by Crippen LogP contribution is 2.30. The van der Waals surface area contributed by atoms with E-state index in [0.29, 0.717) is 5.75 Å². The Kier molecular flexibility index (Phi) is 11.4. The number of hydrogen-bond donors (Lipinski definition) is 1. The fraction of sp³-hybridized carbons (Fsp3) is 0.375. The number of para-hydroxylation sites is 3. The molecule has 3 rings (SSSR count). The number of benzene rings is 2. The molecule has 1 saturated heterocycles. The molecule has 1 heterocycles. The molecule has 2 aromatic carbocycles. The summed E-state index contributed by atoms with van der Waals surface area (Å²) in [6.07, 6.45) is 0.364. The van der Waals surface area contributed by atoms with Gasteiger partial charge in [0.1, 0.15) is 17.6 Å². The molecule has 0 aromatic heterocycles. The monoisotopic (exact) mass is 479 g/mol. The topological polar surface area (TPSA) is 69.0 Å². The SMILES string of the molecule is COc1ccccc1N1CCN(C(Oc2ccccc2/C(C)=C\C#N)C(C)O)CC1.Cl.Cl. The van der Waals surface area contributed by atoms with Crippen LogP contribution >= 0.6 is 24.8 Å². The molecule has 8 heteroatoms. The maximum atomic E-state index is 10.5. The van der Waals surface area contributed by atoms with Crippen molar-refractivity contribution in [2.75, 3.05) is 38.2 Å². The number of piperazine rings is 1. The average Bonchev–Trinajstić information content (AvgIpc) is 2.78. The van der Waals surface area contributed by atoms with E-state index in [1.807, 2.05) is 49.4 Å². The molecule has 174 valence electrons. The predicted molar refractivity (Wildman–Crippen MR) is 133 cm³/mol. The van der Waals surface area contributed by atoms with Crippen LogP contribution in [0.15, 0.2) is 54.6 Å². The van der Waals surface area contributed by atoms with Crippen LogP contribution in [0.2, 0.25) is 0 Å². The molecule has 6 nitrogen and oxygen atoms in total. The first-order valence-corrected chi connectivity index (χ1v) is 10.2. The molecule has 2 atom stereocenters. The lowest BCUT2D eigenvalue weighted by Crippen LogP contribution is -2.55. The Morgan fingerprint density at radius 3 is 2.22 bits per heavy atom. The number of hydrogen-bond acceptors (Lipinski definition) is 6. The molecule has 1 N–H and O–H groups in total. The summed E-state index contributed by atoms with van der Waals surface area (Å²) in [5, 5.41) is 19.4. The lowest BCUT2D eigenvalue weighted by Gasteiger charge is -2.41. The lowest BCUT2D eigenvalue weighted by molar-refractivity contribution is -0.0603. The van der Waals surface area contributed by atoms with Crippen LogP contribution in [0.3, 0.4) is 0 Å². The van der Waals surface area contributed by atoms with Crippen LogP contribution in [0, 0.1) is 11.3 Å². The van der Waals surface area contributed by atoms with Crippen LogP contribution in [0.25, 0.3) is 5.57 Å². The zero-order chi connectivity index (χ0) is 21.5. The molecule has 2 unspecified atom stereocenters. The fourth-order valence-electron chi connectivity index (χ4n) is 3.79. The highest BCUT2D eigenvalue weighted by Gasteiger charge is 2.30. The van der Waals surface area contributed by atoms with E-state index in [2.05, 4.69) is 21.9 Å². The first-order valence-electron chi connectivity index (χ1n) is 10.2. The van der Waals surface area contributed by atoms with Gasteiger partial charge in [-0.15, -0.1) is 24.8 Å². The van der Waals surface area contributed by atoms with E-state index in [1.165, 1.54) is 6.08 Å². The van der Waals surface area contributed by atoms with Crippen LogP contribution in [0.5, 0.6) is 11.5 Å². The Labute approximate surface area is 202 Å². The summed E-state index contributed by atoms with van der Waals surface area (Å²) in [7, 11) is 1.69. The van der Waals surface area contributed by atoms with Crippen molar-refractivity contribution in [2.45, 2.75) is 26.2 Å². The Balaban J connectivity index is 0.00000256. The molecule has 0 aliphatic carbocycles. The number of methoxy groups -OCH3 is 1. The summed E-state index contributed by atoms with van der Waals surface area (Å²) in [5.74, 6) is 1.53. The zero-order valence-electron chi connectivity index (χ0n) is 18.6. The number of allylic oxidation sites excluding steroid dienone is 2. The van der Waals surface area contributed by atoms with Crippen molar-refractivity contribution in [3.63, 3.8) is 0 Å². The highest BCUT2D eigenvalue weighted by atomic mass is 35.5. The van der Waals surface area contributed by atoms with Gasteiger partial charge in [0.05, 0.1) is 18.9 Å². The van der Waals surface area contributed by atoms with Crippen LogP contribution in [-0.2, 0) is 0 Å². The van der Waals surface area contributed by atoms with Crippen molar-refractivity contribution in [3.05, 3.63) is 60.2 Å². The van der Waals surface area contributed by atoms with Gasteiger partial charge in [-0.1, -0.05) is 30.3 Å². The molecule has 2 aromatic rings. The van der Waals surface area contributed by atoms with E-state index in [4.69, 9.17) is 14.7 Å². The van der Waals surface area contributed by atoms with Crippen molar-refractivity contribution in [1.82, 2.24) is 4.90 Å². The highest BCUT2D eigenvalue weighted by molar-refractivity contribution is 5.85. The molecule has 0 radical (unpaired) electrons. The molecule has 1 aliphatic rings. The third-order valence-electron chi connectivity index (χ3n) is 5.35. The Morgan fingerprint density at radius 2 is 1.62 bits per heavy atom. The number of anilines is 1. The van der Waals surface area contributed by atoms with Crippen LogP contribution in [0.1, 0.15) is 19.4 Å². The maximum absolute atomic E-state index is 10.5. The number of nitriles is 1. The smallest absolute Gasteiger partial charge is 0.178 e. The van der Waals surface area contributed by atoms with Crippen molar-refractivity contribution in [1.29, 1.82) is 5.26 Å². The van der Waals surface area contributed by atoms with Crippen molar-refractivity contribution >= 4 is 36.1 Å². The minimum Gasteiger partial charge on any atom is -0.495 e. The first-order chi connectivity index (χ1) is 14.5. The number of nitrogens with zero attached hydrogens (tertiary/aromatic N) is 3. The molecular formula is C24H31Cl2N3O3. The summed E-state index contributed by atoms with van der Waals surface area (Å²) < 4.78 is 11.8. The van der Waals surface area contributed by atoms with Crippen LogP contribution < -0.4 is 14.4 Å². The van der Waals surface area contributed by atoms with Gasteiger partial charge < -0.3 is 19.5 Å². The van der Waals surface area contributed by atoms with E-state index in [0.717, 1.165) is 48.8 Å². The average molecular weight is 480 g/mol. The van der Waals surface area contributed by atoms with Gasteiger partial charge in [0.15, 0.2) is 6.23 Å². The van der Waals surface area contributed by atoms with Crippen molar-refractivity contribution in [2.24, 2.45) is 0 Å². The summed E-state index contributed by atoms with van der Waals surface area (Å²) in [4.78, 5) is 4.46. The number of halogens is 2. The third kappa shape index (κ3) is 6.54. The number of rotatable bonds is 7. The van der Waals surface area contributed by atoms with E-state index in [1.54, 1.807) is 14.0 Å². The van der Waals surface area contributed by atoms with Gasteiger partial charge in [-0.05, 0) is 37.6 Å². The minimum atomic E-state index is -0.670. The van der Waals surface area contributed by atoms with Gasteiger partial charge in [0.2, 0.25) is 0 Å². The Hall–Kier alpha value is -2.43. The van der Waals surface area contributed by atoms with E-state index in [9.17, 15) is 5.11 Å². The fourth-order valence-corrected chi connectivity index (χ4v) is 3.79. The molecular weight excluding hydrogens is 449 g/mol. The second-order valence-electron chi connectivity index (χ2n) is 7.40. The quantitative estimate of drug-likeness (QED) is 0.594. The summed E-state index contributed by atoms with van der Waals surface area (Å²) in [6.45, 7) is 6.75. The maximum Gasteiger partial charge on any atom is 0.178 e. The summed E-state index contributed by atoms with van der Waals surface area (Å²) in [6, 6.07) is 17.7. The zero-order valence-corrected chi connectivity index (χ0v) is 20.2.